The summed E-state index contributed by atoms with van der Waals surface area (Å²) >= 11 is 1.27. The monoisotopic (exact) mass is 425 g/mol. The number of thiophene rings is 1. The number of aliphatic hydroxyl groups excluding tert-OH is 1. The zero-order valence-corrected chi connectivity index (χ0v) is 18.5. The summed E-state index contributed by atoms with van der Waals surface area (Å²) in [5.41, 5.74) is 14.1. The number of fused-ring (bicyclic) bond motifs is 1. The number of hydrogen-bond acceptors (Lipinski definition) is 7. The standard InChI is InChI=1S/C22H27N5O2S/c1-5-27(8-9-28)17-7-6-16(13(2)11-17)12-24-26-21(29)20-19(23)18-14(3)10-15(4)25-22(18)30-20/h6-7,10-12,28H,5,8-9,23H2,1-4H3,(H,26,29)/b24-12-. The average Bonchev–Trinajstić information content (AvgIpc) is 3.03. The first-order valence-electron chi connectivity index (χ1n) is 9.81. The average molecular weight is 426 g/mol. The number of nitrogens with two attached hydrogens (primary N) is 1. The second kappa shape index (κ2) is 9.23. The van der Waals surface area contributed by atoms with Crippen LogP contribution in [0, 0.1) is 20.8 Å². The van der Waals surface area contributed by atoms with Gasteiger partial charge >= 0.3 is 0 Å². The van der Waals surface area contributed by atoms with Crippen LogP contribution in [0.4, 0.5) is 11.4 Å². The summed E-state index contributed by atoms with van der Waals surface area (Å²) in [7, 11) is 0. The molecular weight excluding hydrogens is 398 g/mol. The van der Waals surface area contributed by atoms with Crippen LogP contribution in [0.5, 0.6) is 0 Å². The van der Waals surface area contributed by atoms with Gasteiger partial charge in [-0.25, -0.2) is 10.4 Å². The number of amides is 1. The van der Waals surface area contributed by atoms with Crippen LogP contribution in [0.25, 0.3) is 10.2 Å². The first kappa shape index (κ1) is 21.7. The second-order valence-corrected chi connectivity index (χ2v) is 8.15. The molecule has 0 aliphatic heterocycles. The Labute approximate surface area is 180 Å². The molecule has 0 aliphatic carbocycles. The number of aromatic nitrogens is 1. The largest absolute Gasteiger partial charge is 0.397 e. The van der Waals surface area contributed by atoms with E-state index in [1.54, 1.807) is 6.21 Å². The fourth-order valence-electron chi connectivity index (χ4n) is 3.44. The van der Waals surface area contributed by atoms with Crippen molar-refractivity contribution in [3.8, 4) is 0 Å². The molecule has 0 atom stereocenters. The number of nitrogen functional groups attached to an aromatic ring is 1. The van der Waals surface area contributed by atoms with Gasteiger partial charge in [0.25, 0.3) is 5.91 Å². The van der Waals surface area contributed by atoms with Crippen molar-refractivity contribution in [3.05, 3.63) is 51.5 Å². The van der Waals surface area contributed by atoms with E-state index >= 15 is 0 Å². The number of anilines is 2. The maximum absolute atomic E-state index is 12.6. The Bertz CT molecular complexity index is 1110. The number of pyridine rings is 1. The maximum atomic E-state index is 12.6. The minimum Gasteiger partial charge on any atom is -0.397 e. The van der Waals surface area contributed by atoms with Crippen molar-refractivity contribution in [1.29, 1.82) is 0 Å². The lowest BCUT2D eigenvalue weighted by atomic mass is 10.1. The number of carbonyl (C=O) groups excluding carboxylic acids is 1. The molecule has 0 aliphatic rings. The number of nitrogens with one attached hydrogen (secondary N) is 1. The SMILES string of the molecule is CCN(CCO)c1ccc(/C=N\NC(=O)c2sc3nc(C)cc(C)c3c2N)c(C)c1. The van der Waals surface area contributed by atoms with E-state index in [2.05, 4.69) is 20.4 Å². The van der Waals surface area contributed by atoms with Crippen LogP contribution in [0.2, 0.25) is 0 Å². The molecule has 4 N–H and O–H groups in total. The fraction of sp³-hybridized carbons (Fsp3) is 0.318. The fourth-order valence-corrected chi connectivity index (χ4v) is 4.55. The van der Waals surface area contributed by atoms with Gasteiger partial charge in [-0.3, -0.25) is 4.79 Å². The Kier molecular flexibility index (Phi) is 6.69. The van der Waals surface area contributed by atoms with Crippen molar-refractivity contribution < 1.29 is 9.90 Å². The van der Waals surface area contributed by atoms with E-state index in [4.69, 9.17) is 5.73 Å². The quantitative estimate of drug-likeness (QED) is 0.398. The Morgan fingerprint density at radius 1 is 1.30 bits per heavy atom. The van der Waals surface area contributed by atoms with Crippen LogP contribution in [0.3, 0.4) is 0 Å². The molecule has 0 fully saturated rings. The molecule has 0 unspecified atom stereocenters. The van der Waals surface area contributed by atoms with Crippen LogP contribution in [0.15, 0.2) is 29.4 Å². The van der Waals surface area contributed by atoms with Crippen molar-refractivity contribution in [2.24, 2.45) is 5.10 Å². The zero-order valence-electron chi connectivity index (χ0n) is 17.7. The number of hydrazone groups is 1. The number of rotatable bonds is 7. The van der Waals surface area contributed by atoms with Crippen molar-refractivity contribution in [2.45, 2.75) is 27.7 Å². The third-order valence-electron chi connectivity index (χ3n) is 4.97. The summed E-state index contributed by atoms with van der Waals surface area (Å²) in [5.74, 6) is -0.349. The summed E-state index contributed by atoms with van der Waals surface area (Å²) in [4.78, 5) is 20.4. The number of likely N-dealkylation sites (N-methyl/N-ethyl adjacent to an activating group) is 1. The molecule has 2 heterocycles. The van der Waals surface area contributed by atoms with Crippen molar-refractivity contribution in [2.75, 3.05) is 30.3 Å². The van der Waals surface area contributed by atoms with E-state index in [1.165, 1.54) is 11.3 Å². The van der Waals surface area contributed by atoms with E-state index in [0.717, 1.165) is 44.8 Å². The van der Waals surface area contributed by atoms with E-state index < -0.39 is 0 Å². The summed E-state index contributed by atoms with van der Waals surface area (Å²) in [6.07, 6.45) is 1.62. The highest BCUT2D eigenvalue weighted by atomic mass is 32.1. The van der Waals surface area contributed by atoms with Gasteiger partial charge in [-0.1, -0.05) is 6.07 Å². The molecule has 0 bridgehead atoms. The molecule has 1 amide bonds. The van der Waals surface area contributed by atoms with Gasteiger partial charge in [-0.2, -0.15) is 5.10 Å². The van der Waals surface area contributed by atoms with Gasteiger partial charge in [0.2, 0.25) is 0 Å². The summed E-state index contributed by atoms with van der Waals surface area (Å²) in [6.45, 7) is 9.43. The molecular formula is C22H27N5O2S. The van der Waals surface area contributed by atoms with Crippen molar-refractivity contribution in [3.63, 3.8) is 0 Å². The zero-order chi connectivity index (χ0) is 21.8. The van der Waals surface area contributed by atoms with Crippen LogP contribution >= 0.6 is 11.3 Å². The maximum Gasteiger partial charge on any atom is 0.283 e. The topological polar surface area (TPSA) is 104 Å². The number of aryl methyl sites for hydroxylation is 3. The van der Waals surface area contributed by atoms with Crippen LogP contribution in [-0.2, 0) is 0 Å². The lowest BCUT2D eigenvalue weighted by Gasteiger charge is -2.22. The second-order valence-electron chi connectivity index (χ2n) is 7.15. The van der Waals surface area contributed by atoms with E-state index in [9.17, 15) is 9.90 Å². The van der Waals surface area contributed by atoms with Gasteiger partial charge in [0.15, 0.2) is 0 Å². The van der Waals surface area contributed by atoms with Crippen molar-refractivity contribution in [1.82, 2.24) is 10.4 Å². The molecule has 3 aromatic rings. The van der Waals surface area contributed by atoms with Crippen molar-refractivity contribution >= 4 is 45.0 Å². The number of benzene rings is 1. The predicted molar refractivity (Wildman–Crippen MR) is 125 cm³/mol. The molecule has 3 rings (SSSR count). The minimum atomic E-state index is -0.349. The molecule has 0 radical (unpaired) electrons. The highest BCUT2D eigenvalue weighted by Crippen LogP contribution is 2.34. The Balaban J connectivity index is 1.76. The molecule has 0 spiro atoms. The lowest BCUT2D eigenvalue weighted by molar-refractivity contribution is 0.0960. The van der Waals surface area contributed by atoms with Gasteiger partial charge in [-0.15, -0.1) is 11.3 Å². The van der Waals surface area contributed by atoms with Crippen LogP contribution in [-0.4, -0.2) is 41.9 Å². The highest BCUT2D eigenvalue weighted by molar-refractivity contribution is 7.21. The highest BCUT2D eigenvalue weighted by Gasteiger charge is 2.18. The molecule has 0 saturated carbocycles. The lowest BCUT2D eigenvalue weighted by Crippen LogP contribution is -2.26. The van der Waals surface area contributed by atoms with Gasteiger partial charge in [0.1, 0.15) is 9.71 Å². The molecule has 158 valence electrons. The van der Waals surface area contributed by atoms with Gasteiger partial charge in [0, 0.05) is 29.9 Å². The van der Waals surface area contributed by atoms with E-state index in [0.29, 0.717) is 17.1 Å². The van der Waals surface area contributed by atoms with Gasteiger partial charge in [0.05, 0.1) is 18.5 Å². The molecule has 2 aromatic heterocycles. The van der Waals surface area contributed by atoms with E-state index in [1.807, 2.05) is 52.0 Å². The first-order valence-corrected chi connectivity index (χ1v) is 10.6. The third-order valence-corrected chi connectivity index (χ3v) is 6.07. The smallest absolute Gasteiger partial charge is 0.283 e. The number of nitrogens with zero attached hydrogens (tertiary/aromatic N) is 3. The molecule has 30 heavy (non-hydrogen) atoms. The summed E-state index contributed by atoms with van der Waals surface area (Å²) < 4.78 is 0. The first-order chi connectivity index (χ1) is 14.3. The normalized spacial score (nSPS) is 11.4. The predicted octanol–water partition coefficient (Wildman–Crippen LogP) is 3.39. The third kappa shape index (κ3) is 4.44. The Hall–Kier alpha value is -2.97. The van der Waals surface area contributed by atoms with Gasteiger partial charge < -0.3 is 15.7 Å². The minimum absolute atomic E-state index is 0.109. The number of carbonyl (C=O) groups is 1. The summed E-state index contributed by atoms with van der Waals surface area (Å²) in [6, 6.07) is 7.93. The number of aliphatic hydroxyl groups is 1. The Morgan fingerprint density at radius 2 is 2.07 bits per heavy atom. The molecule has 7 nitrogen and oxygen atoms in total. The summed E-state index contributed by atoms with van der Waals surface area (Å²) in [5, 5.41) is 14.1. The molecule has 0 saturated heterocycles. The Morgan fingerprint density at radius 3 is 2.73 bits per heavy atom. The number of hydrogen-bond donors (Lipinski definition) is 3. The van der Waals surface area contributed by atoms with Crippen LogP contribution < -0.4 is 16.1 Å². The van der Waals surface area contributed by atoms with Gasteiger partial charge in [-0.05, 0) is 62.6 Å². The van der Waals surface area contributed by atoms with E-state index in [-0.39, 0.29) is 12.5 Å². The molecule has 8 heteroatoms. The van der Waals surface area contributed by atoms with Crippen LogP contribution in [0.1, 0.15) is 39.0 Å². The molecule has 1 aromatic carbocycles.